The number of nitrogens with zero attached hydrogens (tertiary/aromatic N) is 3. The summed E-state index contributed by atoms with van der Waals surface area (Å²) >= 11 is 0. The van der Waals surface area contributed by atoms with Gasteiger partial charge in [-0.1, -0.05) is 156 Å². The molecule has 9 heteroatoms. The minimum atomic E-state index is -4.71. The third kappa shape index (κ3) is 9.19. The molecule has 0 aliphatic rings. The van der Waals surface area contributed by atoms with Gasteiger partial charge in [-0.25, -0.2) is 9.97 Å². The van der Waals surface area contributed by atoms with E-state index in [1.165, 1.54) is 12.1 Å². The Bertz CT molecular complexity index is 3640. The van der Waals surface area contributed by atoms with Crippen molar-refractivity contribution in [3.8, 4) is 84.1 Å². The number of benzene rings is 9. The standard InChI is InChI=1S/C64H45F6N3/c1-38-25-39(2)28-48(27-38)44-21-23-59-55(33-44)56-34-45(49-29-40(3)26-41(4)30-49)22-24-60(56)73(59)61-53(46-17-11-19-51(31-46)63(65,66)67)35-50(36-54(61)47-18-12-20-52(32-47)64(68,69)70)58-37-57(42-13-7-5-8-14-42)71-62(72-58)43-15-9-6-10-16-43/h5-37H,1-4H3. The molecule has 0 bridgehead atoms. The van der Waals surface area contributed by atoms with E-state index in [9.17, 15) is 26.3 Å². The third-order valence-corrected chi connectivity index (χ3v) is 13.3. The number of alkyl halides is 6. The molecule has 0 amide bonds. The van der Waals surface area contributed by atoms with E-state index in [1.54, 1.807) is 24.3 Å². The number of halogens is 6. The highest BCUT2D eigenvalue weighted by Gasteiger charge is 2.33. The second kappa shape index (κ2) is 18.2. The van der Waals surface area contributed by atoms with Gasteiger partial charge in [0.05, 0.1) is 39.2 Å². The van der Waals surface area contributed by atoms with Gasteiger partial charge in [-0.15, -0.1) is 0 Å². The maximum absolute atomic E-state index is 14.9. The lowest BCUT2D eigenvalue weighted by Gasteiger charge is -2.22. The summed E-state index contributed by atoms with van der Waals surface area (Å²) in [6.45, 7) is 8.21. The highest BCUT2D eigenvalue weighted by atomic mass is 19.4. The normalized spacial score (nSPS) is 12.0. The van der Waals surface area contributed by atoms with E-state index >= 15 is 0 Å². The van der Waals surface area contributed by atoms with Gasteiger partial charge in [-0.3, -0.25) is 0 Å². The molecule has 0 fully saturated rings. The van der Waals surface area contributed by atoms with Crippen LogP contribution in [0.25, 0.3) is 106 Å². The summed E-state index contributed by atoms with van der Waals surface area (Å²) in [5.74, 6) is 0.392. The zero-order valence-electron chi connectivity index (χ0n) is 40.2. The van der Waals surface area contributed by atoms with Gasteiger partial charge in [0, 0.05) is 38.6 Å². The van der Waals surface area contributed by atoms with Gasteiger partial charge < -0.3 is 4.57 Å². The third-order valence-electron chi connectivity index (χ3n) is 13.3. The van der Waals surface area contributed by atoms with E-state index < -0.39 is 23.5 Å². The summed E-state index contributed by atoms with van der Waals surface area (Å²) in [5.41, 5.74) is 12.4. The van der Waals surface area contributed by atoms with Crippen LogP contribution in [0.5, 0.6) is 0 Å². The lowest BCUT2D eigenvalue weighted by Crippen LogP contribution is -2.07. The van der Waals surface area contributed by atoms with Crippen LogP contribution in [0.15, 0.2) is 200 Å². The fourth-order valence-corrected chi connectivity index (χ4v) is 10.2. The van der Waals surface area contributed by atoms with Gasteiger partial charge in [0.25, 0.3) is 0 Å². The molecule has 0 spiro atoms. The average Bonchev–Trinajstić information content (AvgIpc) is 3.70. The topological polar surface area (TPSA) is 30.7 Å². The Morgan fingerprint density at radius 3 is 1.18 bits per heavy atom. The zero-order chi connectivity index (χ0) is 50.8. The number of aromatic nitrogens is 3. The number of rotatable bonds is 8. The van der Waals surface area contributed by atoms with Gasteiger partial charge in [0.1, 0.15) is 0 Å². The Morgan fingerprint density at radius 1 is 0.329 bits per heavy atom. The van der Waals surface area contributed by atoms with E-state index in [2.05, 4.69) is 76.2 Å². The summed E-state index contributed by atoms with van der Waals surface area (Å²) in [6, 6.07) is 59.6. The fourth-order valence-electron chi connectivity index (χ4n) is 10.2. The van der Waals surface area contributed by atoms with Crippen molar-refractivity contribution in [3.05, 3.63) is 234 Å². The van der Waals surface area contributed by atoms with Crippen LogP contribution >= 0.6 is 0 Å². The van der Waals surface area contributed by atoms with Gasteiger partial charge in [-0.05, 0) is 128 Å². The molecule has 73 heavy (non-hydrogen) atoms. The molecule has 11 aromatic rings. The maximum Gasteiger partial charge on any atom is 0.416 e. The zero-order valence-corrected chi connectivity index (χ0v) is 40.2. The summed E-state index contributed by atoms with van der Waals surface area (Å²) in [5, 5.41) is 1.70. The van der Waals surface area contributed by atoms with Gasteiger partial charge in [0.2, 0.25) is 0 Å². The Balaban J connectivity index is 1.29. The van der Waals surface area contributed by atoms with Crippen LogP contribution in [-0.4, -0.2) is 14.5 Å². The second-order valence-corrected chi connectivity index (χ2v) is 18.8. The number of fused-ring (bicyclic) bond motifs is 3. The average molecular weight is 970 g/mol. The quantitative estimate of drug-likeness (QED) is 0.142. The van der Waals surface area contributed by atoms with Gasteiger partial charge >= 0.3 is 12.4 Å². The highest BCUT2D eigenvalue weighted by Crippen LogP contribution is 2.47. The van der Waals surface area contributed by atoms with Crippen molar-refractivity contribution in [1.29, 1.82) is 0 Å². The van der Waals surface area contributed by atoms with E-state index in [0.29, 0.717) is 50.6 Å². The minimum Gasteiger partial charge on any atom is -0.308 e. The molecule has 2 heterocycles. The van der Waals surface area contributed by atoms with Crippen molar-refractivity contribution >= 4 is 21.8 Å². The number of hydrogen-bond acceptors (Lipinski definition) is 2. The van der Waals surface area contributed by atoms with Crippen molar-refractivity contribution in [2.45, 2.75) is 40.0 Å². The molecule has 3 nitrogen and oxygen atoms in total. The Morgan fingerprint density at radius 2 is 0.740 bits per heavy atom. The Kier molecular flexibility index (Phi) is 11.7. The second-order valence-electron chi connectivity index (χ2n) is 18.8. The van der Waals surface area contributed by atoms with Gasteiger partial charge in [-0.2, -0.15) is 26.3 Å². The minimum absolute atomic E-state index is 0.203. The summed E-state index contributed by atoms with van der Waals surface area (Å²) in [6.07, 6.45) is -9.41. The monoisotopic (exact) mass is 969 g/mol. The molecular formula is C64H45F6N3. The first-order valence-electron chi connectivity index (χ1n) is 23.8. The lowest BCUT2D eigenvalue weighted by molar-refractivity contribution is -0.138. The van der Waals surface area contributed by atoms with Crippen LogP contribution in [0.3, 0.4) is 0 Å². The predicted octanol–water partition coefficient (Wildman–Crippen LogP) is 18.5. The molecule has 0 N–H and O–H groups in total. The summed E-state index contributed by atoms with van der Waals surface area (Å²) in [4.78, 5) is 10.1. The lowest BCUT2D eigenvalue weighted by atomic mass is 9.90. The molecule has 0 atom stereocenters. The molecular weight excluding hydrogens is 925 g/mol. The first kappa shape index (κ1) is 46.8. The van der Waals surface area contributed by atoms with Crippen LogP contribution in [0, 0.1) is 27.7 Å². The van der Waals surface area contributed by atoms with Crippen LogP contribution in [-0.2, 0) is 12.4 Å². The number of aryl methyl sites for hydroxylation is 4. The van der Waals surface area contributed by atoms with Crippen molar-refractivity contribution < 1.29 is 26.3 Å². The van der Waals surface area contributed by atoms with Crippen LogP contribution < -0.4 is 0 Å². The molecule has 0 aliphatic heterocycles. The molecule has 0 saturated carbocycles. The first-order valence-corrected chi connectivity index (χ1v) is 23.8. The predicted molar refractivity (Wildman–Crippen MR) is 283 cm³/mol. The molecule has 358 valence electrons. The Labute approximate surface area is 418 Å². The van der Waals surface area contributed by atoms with Gasteiger partial charge in [0.15, 0.2) is 5.82 Å². The molecule has 11 rings (SSSR count). The van der Waals surface area contributed by atoms with E-state index in [-0.39, 0.29) is 11.1 Å². The van der Waals surface area contributed by atoms with E-state index in [1.807, 2.05) is 95.6 Å². The van der Waals surface area contributed by atoms with E-state index in [0.717, 1.165) is 90.7 Å². The molecule has 0 unspecified atom stereocenters. The maximum atomic E-state index is 14.9. The summed E-state index contributed by atoms with van der Waals surface area (Å²) in [7, 11) is 0. The first-order chi connectivity index (χ1) is 35.0. The molecule has 0 saturated heterocycles. The van der Waals surface area contributed by atoms with E-state index in [4.69, 9.17) is 9.97 Å². The van der Waals surface area contributed by atoms with Crippen LogP contribution in [0.2, 0.25) is 0 Å². The van der Waals surface area contributed by atoms with Crippen LogP contribution in [0.4, 0.5) is 26.3 Å². The van der Waals surface area contributed by atoms with Crippen LogP contribution in [0.1, 0.15) is 33.4 Å². The van der Waals surface area contributed by atoms with Crippen molar-refractivity contribution in [2.24, 2.45) is 0 Å². The number of hydrogen-bond donors (Lipinski definition) is 0. The van der Waals surface area contributed by atoms with Crippen molar-refractivity contribution in [1.82, 2.24) is 14.5 Å². The molecule has 0 aliphatic carbocycles. The smallest absolute Gasteiger partial charge is 0.308 e. The molecule has 9 aromatic carbocycles. The molecule has 0 radical (unpaired) electrons. The summed E-state index contributed by atoms with van der Waals surface area (Å²) < 4.78 is 91.1. The highest BCUT2D eigenvalue weighted by molar-refractivity contribution is 6.13. The largest absolute Gasteiger partial charge is 0.416 e. The van der Waals surface area contributed by atoms with Crippen molar-refractivity contribution in [2.75, 3.05) is 0 Å². The SMILES string of the molecule is Cc1cc(C)cc(-c2ccc3c(c2)c2cc(-c4cc(C)cc(C)c4)ccc2n3-c2c(-c3cccc(C(F)(F)F)c3)cc(-c3cc(-c4ccccc4)nc(-c4ccccc4)n3)cc2-c2cccc(C(F)(F)F)c2)c1. The Hall–Kier alpha value is -8.56. The molecule has 2 aromatic heterocycles. The fraction of sp³-hybridized carbons (Fsp3) is 0.0938. The van der Waals surface area contributed by atoms with Crippen molar-refractivity contribution in [3.63, 3.8) is 0 Å².